The molecule has 24 heavy (non-hydrogen) atoms. The Morgan fingerprint density at radius 2 is 1.46 bits per heavy atom. The van der Waals surface area contributed by atoms with Crippen molar-refractivity contribution in [2.75, 3.05) is 6.61 Å². The highest BCUT2D eigenvalue weighted by molar-refractivity contribution is 6.02. The maximum absolute atomic E-state index is 5.92. The third kappa shape index (κ3) is 3.77. The summed E-state index contributed by atoms with van der Waals surface area (Å²) in [6, 6.07) is 19.1. The zero-order chi connectivity index (χ0) is 17.2. The van der Waals surface area contributed by atoms with E-state index in [1.165, 1.54) is 27.1 Å². The normalized spacial score (nSPS) is 11.8. The number of hydrogen-bond donors (Lipinski definition) is 0. The third-order valence-corrected chi connectivity index (χ3v) is 3.84. The van der Waals surface area contributed by atoms with Crippen LogP contribution in [0, 0.1) is 0 Å². The molecule has 0 fully saturated rings. The zero-order valence-electron chi connectivity index (χ0n) is 14.6. The molecule has 2 heteroatoms. The molecule has 0 radical (unpaired) electrons. The molecule has 0 saturated heterocycles. The molecule has 0 aliphatic carbocycles. The minimum Gasteiger partial charge on any atom is -0.491 e. The summed E-state index contributed by atoms with van der Waals surface area (Å²) in [6.07, 6.45) is 0. The second-order valence-corrected chi connectivity index (χ2v) is 7.04. The van der Waals surface area contributed by atoms with Gasteiger partial charge >= 0.3 is 0 Å². The highest BCUT2D eigenvalue weighted by Gasteiger charge is 2.13. The average molecular weight is 320 g/mol. The Bertz CT molecular complexity index is 818. The van der Waals surface area contributed by atoms with Crippen LogP contribution in [0.5, 0.6) is 0 Å². The van der Waals surface area contributed by atoms with Gasteiger partial charge in [-0.15, -0.1) is 0 Å². The van der Waals surface area contributed by atoms with Crippen molar-refractivity contribution in [2.24, 2.45) is 0 Å². The van der Waals surface area contributed by atoms with E-state index < -0.39 is 0 Å². The summed E-state index contributed by atoms with van der Waals surface area (Å²) < 4.78 is 11.7. The Balaban J connectivity index is 1.86. The van der Waals surface area contributed by atoms with E-state index in [9.17, 15) is 0 Å². The van der Waals surface area contributed by atoms with Gasteiger partial charge in [0.2, 0.25) is 0 Å². The van der Waals surface area contributed by atoms with Crippen LogP contribution >= 0.6 is 0 Å². The van der Waals surface area contributed by atoms with Gasteiger partial charge in [-0.2, -0.15) is 0 Å². The second kappa shape index (κ2) is 6.66. The topological polar surface area (TPSA) is 18.5 Å². The van der Waals surface area contributed by atoms with Gasteiger partial charge in [0.1, 0.15) is 18.0 Å². The summed E-state index contributed by atoms with van der Waals surface area (Å²) in [4.78, 5) is 0. The fourth-order valence-corrected chi connectivity index (χ4v) is 2.99. The highest BCUT2D eigenvalue weighted by atomic mass is 16.5. The summed E-state index contributed by atoms with van der Waals surface area (Å²) >= 11 is 0. The predicted molar refractivity (Wildman–Crippen MR) is 101 cm³/mol. The largest absolute Gasteiger partial charge is 0.491 e. The van der Waals surface area contributed by atoms with Gasteiger partial charge in [0.25, 0.3) is 0 Å². The van der Waals surface area contributed by atoms with Gasteiger partial charge in [-0.25, -0.2) is 0 Å². The van der Waals surface area contributed by atoms with Gasteiger partial charge in [0.15, 0.2) is 0 Å². The number of benzene rings is 3. The molecular weight excluding hydrogens is 296 g/mol. The van der Waals surface area contributed by atoms with Gasteiger partial charge in [0, 0.05) is 0 Å². The summed E-state index contributed by atoms with van der Waals surface area (Å²) in [5.74, 6) is 0.659. The molecule has 0 saturated carbocycles. The van der Waals surface area contributed by atoms with Crippen LogP contribution < -0.4 is 0 Å². The summed E-state index contributed by atoms with van der Waals surface area (Å²) in [6.45, 7) is 10.9. The average Bonchev–Trinajstić information content (AvgIpc) is 2.52. The lowest BCUT2D eigenvalue weighted by Crippen LogP contribution is -2.20. The third-order valence-electron chi connectivity index (χ3n) is 3.84. The molecule has 0 aliphatic heterocycles. The lowest BCUT2D eigenvalue weighted by molar-refractivity contribution is 0.0150. The van der Waals surface area contributed by atoms with E-state index >= 15 is 0 Å². The fourth-order valence-electron chi connectivity index (χ4n) is 2.99. The Hall–Kier alpha value is -2.32. The summed E-state index contributed by atoms with van der Waals surface area (Å²) in [7, 11) is 0. The molecule has 2 nitrogen and oxygen atoms in total. The van der Waals surface area contributed by atoms with E-state index in [1.807, 2.05) is 20.8 Å². The van der Waals surface area contributed by atoms with Crippen LogP contribution in [-0.2, 0) is 16.1 Å². The molecule has 0 unspecified atom stereocenters. The Labute approximate surface area is 143 Å². The van der Waals surface area contributed by atoms with Crippen LogP contribution in [0.1, 0.15) is 26.3 Å². The lowest BCUT2D eigenvalue weighted by Gasteiger charge is -2.23. The Morgan fingerprint density at radius 3 is 2.00 bits per heavy atom. The fraction of sp³-hybridized carbons (Fsp3) is 0.273. The number of hydrogen-bond acceptors (Lipinski definition) is 2. The van der Waals surface area contributed by atoms with Gasteiger partial charge < -0.3 is 9.47 Å². The van der Waals surface area contributed by atoms with E-state index in [1.54, 1.807) is 0 Å². The van der Waals surface area contributed by atoms with Crippen LogP contribution in [0.25, 0.3) is 21.5 Å². The molecule has 0 aromatic heterocycles. The number of fused-ring (bicyclic) bond motifs is 2. The standard InChI is InChI=1S/C22H24O2/c1-16(24-22(2,3)4)14-23-15-21-19-11-7-5-9-17(19)13-18-10-6-8-12-20(18)21/h5-13H,1,14-15H2,2-4H3. The second-order valence-electron chi connectivity index (χ2n) is 7.04. The van der Waals surface area contributed by atoms with Crippen LogP contribution in [0.3, 0.4) is 0 Å². The van der Waals surface area contributed by atoms with Crippen molar-refractivity contribution in [3.63, 3.8) is 0 Å². The van der Waals surface area contributed by atoms with Gasteiger partial charge in [-0.05, 0) is 53.9 Å². The van der Waals surface area contributed by atoms with Crippen molar-refractivity contribution in [1.82, 2.24) is 0 Å². The van der Waals surface area contributed by atoms with E-state index in [0.717, 1.165) is 0 Å². The lowest BCUT2D eigenvalue weighted by atomic mass is 9.97. The summed E-state index contributed by atoms with van der Waals surface area (Å²) in [5.41, 5.74) is 0.972. The minimum atomic E-state index is -0.243. The molecule has 3 aromatic carbocycles. The van der Waals surface area contributed by atoms with E-state index in [-0.39, 0.29) is 5.60 Å². The highest BCUT2D eigenvalue weighted by Crippen LogP contribution is 2.29. The molecule has 0 heterocycles. The van der Waals surface area contributed by atoms with Gasteiger partial charge in [-0.1, -0.05) is 55.1 Å². The molecule has 0 bridgehead atoms. The molecular formula is C22H24O2. The SMILES string of the molecule is C=C(COCc1c2ccccc2cc2ccccc12)OC(C)(C)C. The molecule has 0 atom stereocenters. The van der Waals surface area contributed by atoms with Crippen LogP contribution in [0.4, 0.5) is 0 Å². The van der Waals surface area contributed by atoms with Crippen molar-refractivity contribution >= 4 is 21.5 Å². The molecule has 3 aromatic rings. The first-order valence-corrected chi connectivity index (χ1v) is 8.28. The molecule has 0 amide bonds. The number of rotatable bonds is 5. The van der Waals surface area contributed by atoms with Crippen molar-refractivity contribution in [2.45, 2.75) is 33.0 Å². The minimum absolute atomic E-state index is 0.243. The van der Waals surface area contributed by atoms with Gasteiger partial charge in [0.05, 0.1) is 6.61 Å². The van der Waals surface area contributed by atoms with E-state index in [2.05, 4.69) is 61.2 Å². The molecule has 0 spiro atoms. The van der Waals surface area contributed by atoms with Crippen molar-refractivity contribution < 1.29 is 9.47 Å². The molecule has 3 rings (SSSR count). The van der Waals surface area contributed by atoms with Crippen LogP contribution in [0.2, 0.25) is 0 Å². The molecule has 0 aliphatic rings. The van der Waals surface area contributed by atoms with Crippen molar-refractivity contribution in [1.29, 1.82) is 0 Å². The molecule has 0 N–H and O–H groups in total. The first-order valence-electron chi connectivity index (χ1n) is 8.28. The van der Waals surface area contributed by atoms with E-state index in [0.29, 0.717) is 19.0 Å². The Morgan fingerprint density at radius 1 is 0.917 bits per heavy atom. The molecule has 124 valence electrons. The van der Waals surface area contributed by atoms with E-state index in [4.69, 9.17) is 9.47 Å². The van der Waals surface area contributed by atoms with Crippen LogP contribution in [-0.4, -0.2) is 12.2 Å². The Kier molecular flexibility index (Phi) is 4.59. The monoisotopic (exact) mass is 320 g/mol. The number of ether oxygens (including phenoxy) is 2. The summed E-state index contributed by atoms with van der Waals surface area (Å²) in [5, 5.41) is 4.94. The van der Waals surface area contributed by atoms with Crippen LogP contribution in [0.15, 0.2) is 66.9 Å². The smallest absolute Gasteiger partial charge is 0.115 e. The zero-order valence-corrected chi connectivity index (χ0v) is 14.6. The van der Waals surface area contributed by atoms with Crippen molar-refractivity contribution in [3.8, 4) is 0 Å². The maximum Gasteiger partial charge on any atom is 0.115 e. The quantitative estimate of drug-likeness (QED) is 0.434. The first-order chi connectivity index (χ1) is 11.4. The van der Waals surface area contributed by atoms with Crippen molar-refractivity contribution in [3.05, 3.63) is 72.5 Å². The first kappa shape index (κ1) is 16.5. The maximum atomic E-state index is 5.92. The predicted octanol–water partition coefficient (Wildman–Crippen LogP) is 5.84. The van der Waals surface area contributed by atoms with Gasteiger partial charge in [-0.3, -0.25) is 0 Å².